The van der Waals surface area contributed by atoms with Gasteiger partial charge in [0, 0.05) is 48.6 Å². The topological polar surface area (TPSA) is 111 Å². The number of aromatic nitrogens is 6. The molecular weight excluding hydrogens is 482 g/mol. The van der Waals surface area contributed by atoms with Crippen molar-refractivity contribution in [1.29, 1.82) is 0 Å². The fraction of sp³-hybridized carbons (Fsp3) is 0.464. The fourth-order valence-corrected chi connectivity index (χ4v) is 5.86. The van der Waals surface area contributed by atoms with Crippen molar-refractivity contribution in [3.63, 3.8) is 0 Å². The highest BCUT2D eigenvalue weighted by atomic mass is 16.5. The zero-order valence-corrected chi connectivity index (χ0v) is 21.6. The number of ether oxygens (including phenoxy) is 2. The molecule has 4 heterocycles. The average molecular weight is 516 g/mol. The Labute approximate surface area is 221 Å². The smallest absolute Gasteiger partial charge is 0.253 e. The predicted octanol–water partition coefficient (Wildman–Crippen LogP) is 3.80. The van der Waals surface area contributed by atoms with Crippen LogP contribution in [-0.2, 0) is 11.3 Å². The Morgan fingerprint density at radius 3 is 2.84 bits per heavy atom. The summed E-state index contributed by atoms with van der Waals surface area (Å²) in [4.78, 5) is 23.4. The maximum atomic E-state index is 13.7. The van der Waals surface area contributed by atoms with E-state index < -0.39 is 6.04 Å². The summed E-state index contributed by atoms with van der Waals surface area (Å²) < 4.78 is 13.5. The van der Waals surface area contributed by atoms with E-state index in [2.05, 4.69) is 36.5 Å². The SMILES string of the molecule is COc1ccc2[nH]c(=O)c([C@@H](c3nnnn3C3CCCC3)N(Cc3cccnc3)C[C@@H]3CCCO3)cc2c1. The van der Waals surface area contributed by atoms with E-state index in [1.807, 2.05) is 41.2 Å². The molecule has 0 amide bonds. The van der Waals surface area contributed by atoms with E-state index in [1.54, 1.807) is 13.3 Å². The van der Waals surface area contributed by atoms with E-state index in [0.29, 0.717) is 24.5 Å². The molecule has 1 aliphatic heterocycles. The lowest BCUT2D eigenvalue weighted by molar-refractivity contribution is 0.0569. The Morgan fingerprint density at radius 2 is 2.08 bits per heavy atom. The highest BCUT2D eigenvalue weighted by molar-refractivity contribution is 5.80. The van der Waals surface area contributed by atoms with Crippen molar-refractivity contribution >= 4 is 10.9 Å². The van der Waals surface area contributed by atoms with Gasteiger partial charge in [-0.1, -0.05) is 18.9 Å². The Bertz CT molecular complexity index is 1430. The number of nitrogens with zero attached hydrogens (tertiary/aromatic N) is 6. The summed E-state index contributed by atoms with van der Waals surface area (Å²) in [5, 5.41) is 14.0. The van der Waals surface area contributed by atoms with Crippen molar-refractivity contribution < 1.29 is 9.47 Å². The summed E-state index contributed by atoms with van der Waals surface area (Å²) in [6, 6.07) is 11.4. The zero-order chi connectivity index (χ0) is 25.9. The second kappa shape index (κ2) is 11.0. The van der Waals surface area contributed by atoms with Gasteiger partial charge >= 0.3 is 0 Å². The van der Waals surface area contributed by atoms with Crippen molar-refractivity contribution in [2.75, 3.05) is 20.3 Å². The van der Waals surface area contributed by atoms with Crippen LogP contribution in [0, 0.1) is 0 Å². The maximum absolute atomic E-state index is 13.7. The van der Waals surface area contributed by atoms with Crippen molar-refractivity contribution in [1.82, 2.24) is 35.1 Å². The Morgan fingerprint density at radius 1 is 1.18 bits per heavy atom. The standard InChI is InChI=1S/C28H33N7O3/c1-37-22-10-11-25-20(14-22)15-24(28(36)30-25)26(27-31-32-33-35(27)21-7-2-3-8-21)34(18-23-9-5-13-38-23)17-19-6-4-12-29-16-19/h4,6,10-12,14-16,21,23,26H,2-3,5,7-9,13,17-18H2,1H3,(H,30,36)/t23-,26-/m0/s1. The molecule has 1 N–H and O–H groups in total. The number of methoxy groups -OCH3 is 1. The molecule has 1 saturated carbocycles. The van der Waals surface area contributed by atoms with Crippen molar-refractivity contribution in [2.45, 2.75) is 63.3 Å². The van der Waals surface area contributed by atoms with Crippen LogP contribution in [0.4, 0.5) is 0 Å². The molecule has 38 heavy (non-hydrogen) atoms. The van der Waals surface area contributed by atoms with E-state index in [-0.39, 0.29) is 17.7 Å². The molecule has 198 valence electrons. The minimum absolute atomic E-state index is 0.0737. The van der Waals surface area contributed by atoms with Crippen LogP contribution in [0.5, 0.6) is 5.75 Å². The number of tetrazole rings is 1. The van der Waals surface area contributed by atoms with Crippen LogP contribution in [0.25, 0.3) is 10.9 Å². The van der Waals surface area contributed by atoms with Gasteiger partial charge in [-0.25, -0.2) is 4.68 Å². The normalized spacial score (nSPS) is 18.9. The van der Waals surface area contributed by atoms with Gasteiger partial charge in [-0.2, -0.15) is 0 Å². The molecule has 4 aromatic rings. The van der Waals surface area contributed by atoms with Gasteiger partial charge in [0.15, 0.2) is 5.82 Å². The first-order chi connectivity index (χ1) is 18.7. The molecule has 10 nitrogen and oxygen atoms in total. The minimum Gasteiger partial charge on any atom is -0.497 e. The number of hydrogen-bond donors (Lipinski definition) is 1. The van der Waals surface area contributed by atoms with Gasteiger partial charge in [-0.05, 0) is 72.0 Å². The molecule has 1 aliphatic carbocycles. The summed E-state index contributed by atoms with van der Waals surface area (Å²) >= 11 is 0. The van der Waals surface area contributed by atoms with Gasteiger partial charge in [0.05, 0.1) is 19.3 Å². The average Bonchev–Trinajstić information content (AvgIpc) is 3.73. The van der Waals surface area contributed by atoms with E-state index in [0.717, 1.165) is 67.3 Å². The Hall–Kier alpha value is -3.63. The first-order valence-electron chi connectivity index (χ1n) is 13.4. The predicted molar refractivity (Wildman–Crippen MR) is 142 cm³/mol. The van der Waals surface area contributed by atoms with Crippen LogP contribution in [-0.4, -0.2) is 61.4 Å². The molecule has 2 aliphatic rings. The summed E-state index contributed by atoms with van der Waals surface area (Å²) in [6.45, 7) is 1.98. The highest BCUT2D eigenvalue weighted by Crippen LogP contribution is 2.35. The third-order valence-corrected chi connectivity index (χ3v) is 7.74. The van der Waals surface area contributed by atoms with Gasteiger partial charge < -0.3 is 14.5 Å². The fourth-order valence-electron chi connectivity index (χ4n) is 5.86. The number of fused-ring (bicyclic) bond motifs is 1. The quantitative estimate of drug-likeness (QED) is 0.358. The molecule has 10 heteroatoms. The lowest BCUT2D eigenvalue weighted by Gasteiger charge is -2.33. The lowest BCUT2D eigenvalue weighted by Crippen LogP contribution is -2.39. The zero-order valence-electron chi connectivity index (χ0n) is 21.6. The number of rotatable bonds is 9. The molecule has 0 unspecified atom stereocenters. The number of nitrogens with one attached hydrogen (secondary N) is 1. The molecule has 3 aromatic heterocycles. The van der Waals surface area contributed by atoms with Gasteiger partial charge in [0.25, 0.3) is 5.56 Å². The van der Waals surface area contributed by atoms with Gasteiger partial charge in [0.1, 0.15) is 11.8 Å². The molecule has 2 fully saturated rings. The van der Waals surface area contributed by atoms with Gasteiger partial charge in [-0.3, -0.25) is 14.7 Å². The van der Waals surface area contributed by atoms with Crippen LogP contribution >= 0.6 is 0 Å². The molecule has 1 saturated heterocycles. The summed E-state index contributed by atoms with van der Waals surface area (Å²) in [7, 11) is 1.64. The maximum Gasteiger partial charge on any atom is 0.253 e. The van der Waals surface area contributed by atoms with E-state index in [1.165, 1.54) is 0 Å². The first-order valence-corrected chi connectivity index (χ1v) is 13.4. The van der Waals surface area contributed by atoms with Crippen LogP contribution < -0.4 is 10.3 Å². The van der Waals surface area contributed by atoms with Crippen LogP contribution in [0.2, 0.25) is 0 Å². The van der Waals surface area contributed by atoms with Gasteiger partial charge in [0.2, 0.25) is 0 Å². The summed E-state index contributed by atoms with van der Waals surface area (Å²) in [5.41, 5.74) is 2.25. The van der Waals surface area contributed by atoms with E-state index >= 15 is 0 Å². The number of hydrogen-bond acceptors (Lipinski definition) is 8. The van der Waals surface area contributed by atoms with E-state index in [4.69, 9.17) is 9.47 Å². The molecule has 2 atom stereocenters. The van der Waals surface area contributed by atoms with Gasteiger partial charge in [-0.15, -0.1) is 5.10 Å². The largest absolute Gasteiger partial charge is 0.497 e. The van der Waals surface area contributed by atoms with Crippen LogP contribution in [0.1, 0.15) is 67.6 Å². The molecule has 1 aromatic carbocycles. The van der Waals surface area contributed by atoms with Crippen LogP contribution in [0.3, 0.4) is 0 Å². The summed E-state index contributed by atoms with van der Waals surface area (Å²) in [5.74, 6) is 1.42. The molecule has 0 spiro atoms. The second-order valence-electron chi connectivity index (χ2n) is 10.3. The number of pyridine rings is 2. The molecule has 6 rings (SSSR count). The Balaban J connectivity index is 1.51. The highest BCUT2D eigenvalue weighted by Gasteiger charge is 2.35. The minimum atomic E-state index is -0.477. The molecular formula is C28H33N7O3. The van der Waals surface area contributed by atoms with Crippen molar-refractivity contribution in [2.24, 2.45) is 0 Å². The number of H-pyrrole nitrogens is 1. The Kier molecular flexibility index (Phi) is 7.15. The molecule has 0 bridgehead atoms. The second-order valence-corrected chi connectivity index (χ2v) is 10.3. The molecule has 0 radical (unpaired) electrons. The summed E-state index contributed by atoms with van der Waals surface area (Å²) in [6.07, 6.45) is 10.1. The lowest BCUT2D eigenvalue weighted by atomic mass is 10.0. The third kappa shape index (κ3) is 5.06. The third-order valence-electron chi connectivity index (χ3n) is 7.74. The number of benzene rings is 1. The number of aromatic amines is 1. The van der Waals surface area contributed by atoms with Crippen molar-refractivity contribution in [3.05, 3.63) is 76.1 Å². The van der Waals surface area contributed by atoms with Crippen LogP contribution in [0.15, 0.2) is 53.6 Å². The first kappa shape index (κ1) is 24.7. The van der Waals surface area contributed by atoms with Crippen molar-refractivity contribution in [3.8, 4) is 5.75 Å². The monoisotopic (exact) mass is 515 g/mol. The van der Waals surface area contributed by atoms with E-state index in [9.17, 15) is 4.79 Å².